The molecule has 0 atom stereocenters. The number of anilines is 1. The van der Waals surface area contributed by atoms with Crippen LogP contribution >= 0.6 is 11.6 Å². The van der Waals surface area contributed by atoms with Gasteiger partial charge in [0.05, 0.1) is 5.02 Å². The third-order valence-corrected chi connectivity index (χ3v) is 2.41. The minimum absolute atomic E-state index is 0.192. The number of aryl methyl sites for hydroxylation is 1. The van der Waals surface area contributed by atoms with E-state index in [1.165, 1.54) is 6.20 Å². The molecule has 0 saturated heterocycles. The number of amides is 1. The molecule has 2 heterocycles. The van der Waals surface area contributed by atoms with E-state index in [9.17, 15) is 4.79 Å². The molecule has 2 rings (SSSR count). The van der Waals surface area contributed by atoms with Crippen LogP contribution in [0, 0.1) is 6.92 Å². The van der Waals surface area contributed by atoms with Gasteiger partial charge in [-0.1, -0.05) is 17.7 Å². The molecule has 1 amide bonds. The summed E-state index contributed by atoms with van der Waals surface area (Å²) < 4.78 is 0. The summed E-state index contributed by atoms with van der Waals surface area (Å²) in [5.41, 5.74) is 1.02. The standard InChI is InChI=1S/C12H10ClN3O/c1-8-4-2-6-10(15-8)16-12(17)11-9(13)5-3-7-14-11/h2-7H,1H3,(H,15,16,17). The van der Waals surface area contributed by atoms with E-state index in [2.05, 4.69) is 15.3 Å². The van der Waals surface area contributed by atoms with E-state index in [0.717, 1.165) is 5.69 Å². The predicted octanol–water partition coefficient (Wildman–Crippen LogP) is 2.69. The number of hydrogen-bond donors (Lipinski definition) is 1. The Kier molecular flexibility index (Phi) is 3.35. The van der Waals surface area contributed by atoms with Crippen molar-refractivity contribution in [3.8, 4) is 0 Å². The Morgan fingerprint density at radius 3 is 2.82 bits per heavy atom. The fraction of sp³-hybridized carbons (Fsp3) is 0.0833. The molecule has 0 aliphatic carbocycles. The molecule has 0 aliphatic rings. The third kappa shape index (κ3) is 2.79. The molecular weight excluding hydrogens is 238 g/mol. The average Bonchev–Trinajstić information content (AvgIpc) is 2.29. The van der Waals surface area contributed by atoms with Gasteiger partial charge in [0.25, 0.3) is 5.91 Å². The Morgan fingerprint density at radius 2 is 2.12 bits per heavy atom. The van der Waals surface area contributed by atoms with Crippen LogP contribution in [0.3, 0.4) is 0 Å². The maximum Gasteiger partial charge on any atom is 0.276 e. The van der Waals surface area contributed by atoms with E-state index >= 15 is 0 Å². The largest absolute Gasteiger partial charge is 0.305 e. The van der Waals surface area contributed by atoms with E-state index in [1.54, 1.807) is 18.2 Å². The summed E-state index contributed by atoms with van der Waals surface area (Å²) in [7, 11) is 0. The number of hydrogen-bond acceptors (Lipinski definition) is 3. The van der Waals surface area contributed by atoms with Crippen LogP contribution in [0.2, 0.25) is 5.02 Å². The minimum atomic E-state index is -0.367. The lowest BCUT2D eigenvalue weighted by molar-refractivity contribution is 0.102. The van der Waals surface area contributed by atoms with Gasteiger partial charge in [0.2, 0.25) is 0 Å². The molecule has 86 valence electrons. The van der Waals surface area contributed by atoms with Gasteiger partial charge in [0.15, 0.2) is 0 Å². The SMILES string of the molecule is Cc1cccc(NC(=O)c2ncccc2Cl)n1. The minimum Gasteiger partial charge on any atom is -0.305 e. The molecule has 1 N–H and O–H groups in total. The Bertz CT molecular complexity index is 557. The number of pyridine rings is 2. The molecule has 17 heavy (non-hydrogen) atoms. The van der Waals surface area contributed by atoms with Crippen molar-refractivity contribution < 1.29 is 4.79 Å². The number of nitrogens with one attached hydrogen (secondary N) is 1. The zero-order valence-electron chi connectivity index (χ0n) is 9.14. The van der Waals surface area contributed by atoms with E-state index in [4.69, 9.17) is 11.6 Å². The van der Waals surface area contributed by atoms with Gasteiger partial charge in [-0.25, -0.2) is 9.97 Å². The van der Waals surface area contributed by atoms with Crippen molar-refractivity contribution in [1.29, 1.82) is 0 Å². The van der Waals surface area contributed by atoms with Crippen molar-refractivity contribution in [2.75, 3.05) is 5.32 Å². The summed E-state index contributed by atoms with van der Waals surface area (Å²) in [5.74, 6) is 0.116. The van der Waals surface area contributed by atoms with Crippen LogP contribution in [0.5, 0.6) is 0 Å². The highest BCUT2D eigenvalue weighted by atomic mass is 35.5. The van der Waals surface area contributed by atoms with Gasteiger partial charge in [-0.15, -0.1) is 0 Å². The van der Waals surface area contributed by atoms with Crippen LogP contribution in [-0.2, 0) is 0 Å². The monoisotopic (exact) mass is 247 g/mol. The maximum atomic E-state index is 11.8. The predicted molar refractivity (Wildman–Crippen MR) is 66.2 cm³/mol. The number of rotatable bonds is 2. The molecule has 0 unspecified atom stereocenters. The third-order valence-electron chi connectivity index (χ3n) is 2.10. The Labute approximate surface area is 104 Å². The molecule has 2 aromatic heterocycles. The van der Waals surface area contributed by atoms with Crippen molar-refractivity contribution in [3.05, 3.63) is 52.9 Å². The van der Waals surface area contributed by atoms with Crippen molar-refractivity contribution in [1.82, 2.24) is 9.97 Å². The van der Waals surface area contributed by atoms with E-state index in [1.807, 2.05) is 19.1 Å². The second-order valence-corrected chi connectivity index (χ2v) is 3.86. The maximum absolute atomic E-state index is 11.8. The number of carbonyl (C=O) groups excluding carboxylic acids is 1. The molecule has 4 nitrogen and oxygen atoms in total. The summed E-state index contributed by atoms with van der Waals surface area (Å²) in [5, 5.41) is 2.96. The second-order valence-electron chi connectivity index (χ2n) is 3.45. The van der Waals surface area contributed by atoms with Crippen LogP contribution in [-0.4, -0.2) is 15.9 Å². The lowest BCUT2D eigenvalue weighted by Crippen LogP contribution is -2.15. The highest BCUT2D eigenvalue weighted by Crippen LogP contribution is 2.14. The highest BCUT2D eigenvalue weighted by molar-refractivity contribution is 6.34. The van der Waals surface area contributed by atoms with Crippen LogP contribution in [0.15, 0.2) is 36.5 Å². The highest BCUT2D eigenvalue weighted by Gasteiger charge is 2.11. The quantitative estimate of drug-likeness (QED) is 0.888. The summed E-state index contributed by atoms with van der Waals surface area (Å²) in [6.07, 6.45) is 1.52. The van der Waals surface area contributed by atoms with Gasteiger partial charge < -0.3 is 5.32 Å². The summed E-state index contributed by atoms with van der Waals surface area (Å²) in [4.78, 5) is 19.9. The van der Waals surface area contributed by atoms with Gasteiger partial charge >= 0.3 is 0 Å². The molecule has 0 aromatic carbocycles. The number of nitrogens with zero attached hydrogens (tertiary/aromatic N) is 2. The lowest BCUT2D eigenvalue weighted by Gasteiger charge is -2.05. The number of halogens is 1. The summed E-state index contributed by atoms with van der Waals surface area (Å²) >= 11 is 5.87. The Morgan fingerprint density at radius 1 is 1.29 bits per heavy atom. The molecule has 0 radical (unpaired) electrons. The number of aromatic nitrogens is 2. The zero-order chi connectivity index (χ0) is 12.3. The molecule has 0 bridgehead atoms. The number of carbonyl (C=O) groups is 1. The fourth-order valence-electron chi connectivity index (χ4n) is 1.34. The van der Waals surface area contributed by atoms with Crippen molar-refractivity contribution >= 4 is 23.3 Å². The Balaban J connectivity index is 2.20. The van der Waals surface area contributed by atoms with Crippen LogP contribution in [0.25, 0.3) is 0 Å². The molecule has 5 heteroatoms. The lowest BCUT2D eigenvalue weighted by atomic mass is 10.3. The van der Waals surface area contributed by atoms with Crippen molar-refractivity contribution in [3.63, 3.8) is 0 Å². The van der Waals surface area contributed by atoms with E-state index < -0.39 is 0 Å². The molecular formula is C12H10ClN3O. The summed E-state index contributed by atoms with van der Waals surface area (Å²) in [6.45, 7) is 1.85. The molecule has 0 spiro atoms. The first-order chi connectivity index (χ1) is 8.16. The second kappa shape index (κ2) is 4.93. The van der Waals surface area contributed by atoms with Gasteiger partial charge in [-0.3, -0.25) is 4.79 Å². The first-order valence-electron chi connectivity index (χ1n) is 5.02. The van der Waals surface area contributed by atoms with Gasteiger partial charge in [0.1, 0.15) is 11.5 Å². The van der Waals surface area contributed by atoms with E-state index in [-0.39, 0.29) is 11.6 Å². The zero-order valence-corrected chi connectivity index (χ0v) is 9.90. The molecule has 0 aliphatic heterocycles. The van der Waals surface area contributed by atoms with Gasteiger partial charge in [0, 0.05) is 11.9 Å². The topological polar surface area (TPSA) is 54.9 Å². The van der Waals surface area contributed by atoms with Crippen molar-refractivity contribution in [2.45, 2.75) is 6.92 Å². The fourth-order valence-corrected chi connectivity index (χ4v) is 1.55. The molecule has 2 aromatic rings. The van der Waals surface area contributed by atoms with Crippen molar-refractivity contribution in [2.24, 2.45) is 0 Å². The normalized spacial score (nSPS) is 10.0. The van der Waals surface area contributed by atoms with Crippen LogP contribution in [0.1, 0.15) is 16.2 Å². The first kappa shape index (κ1) is 11.5. The summed E-state index contributed by atoms with van der Waals surface area (Å²) in [6, 6.07) is 8.67. The van der Waals surface area contributed by atoms with Crippen LogP contribution < -0.4 is 5.32 Å². The Hall–Kier alpha value is -1.94. The molecule has 0 saturated carbocycles. The molecule has 0 fully saturated rings. The van der Waals surface area contributed by atoms with E-state index in [0.29, 0.717) is 10.8 Å². The first-order valence-corrected chi connectivity index (χ1v) is 5.40. The van der Waals surface area contributed by atoms with Crippen LogP contribution in [0.4, 0.5) is 5.82 Å². The smallest absolute Gasteiger partial charge is 0.276 e. The van der Waals surface area contributed by atoms with Gasteiger partial charge in [-0.2, -0.15) is 0 Å². The average molecular weight is 248 g/mol. The van der Waals surface area contributed by atoms with Gasteiger partial charge in [-0.05, 0) is 31.2 Å².